The summed E-state index contributed by atoms with van der Waals surface area (Å²) >= 11 is 6.84. The molecule has 4 rings (SSSR count). The molecule has 9 nitrogen and oxygen atoms in total. The lowest BCUT2D eigenvalue weighted by molar-refractivity contribution is -0.126. The maximum Gasteiger partial charge on any atom is 0.321 e. The van der Waals surface area contributed by atoms with E-state index >= 15 is 0 Å². The smallest absolute Gasteiger partial charge is 0.321 e. The Labute approximate surface area is 205 Å². The molecule has 2 aliphatic heterocycles. The number of anilines is 1. The van der Waals surface area contributed by atoms with E-state index in [1.54, 1.807) is 0 Å². The number of thiophene rings is 1. The Bertz CT molecular complexity index is 1140. The number of hydrogen-bond acceptors (Lipinski definition) is 6. The highest BCUT2D eigenvalue weighted by molar-refractivity contribution is 7.91. The van der Waals surface area contributed by atoms with Crippen LogP contribution in [0.15, 0.2) is 40.6 Å². The number of ether oxygens (including phenoxy) is 1. The Morgan fingerprint density at radius 2 is 1.94 bits per heavy atom. The molecule has 0 bridgehead atoms. The van der Waals surface area contributed by atoms with Crippen molar-refractivity contribution in [1.29, 1.82) is 0 Å². The van der Waals surface area contributed by atoms with Crippen molar-refractivity contribution in [3.63, 3.8) is 0 Å². The van der Waals surface area contributed by atoms with Gasteiger partial charge in [-0.15, -0.1) is 11.3 Å². The molecule has 1 aromatic heterocycles. The van der Waals surface area contributed by atoms with Crippen LogP contribution >= 0.6 is 22.9 Å². The number of sulfonamides is 1. The summed E-state index contributed by atoms with van der Waals surface area (Å²) in [5.41, 5.74) is 0.383. The highest BCUT2D eigenvalue weighted by atomic mass is 35.5. The van der Waals surface area contributed by atoms with Crippen molar-refractivity contribution >= 4 is 50.6 Å². The quantitative estimate of drug-likeness (QED) is 0.597. The van der Waals surface area contributed by atoms with Crippen LogP contribution < -0.4 is 10.6 Å². The Morgan fingerprint density at radius 1 is 1.18 bits per heavy atom. The van der Waals surface area contributed by atoms with Gasteiger partial charge < -0.3 is 20.3 Å². The summed E-state index contributed by atoms with van der Waals surface area (Å²) in [5.74, 6) is -0.950. The number of amides is 3. The van der Waals surface area contributed by atoms with Crippen LogP contribution in [0.25, 0.3) is 0 Å². The molecule has 2 unspecified atom stereocenters. The zero-order chi connectivity index (χ0) is 24.3. The number of piperazine rings is 1. The molecule has 1 aromatic carbocycles. The maximum absolute atomic E-state index is 13.3. The summed E-state index contributed by atoms with van der Waals surface area (Å²) < 4.78 is 46.7. The van der Waals surface area contributed by atoms with Gasteiger partial charge in [0.25, 0.3) is 10.0 Å². The molecular formula is C21H24ClFN4O5S2. The second-order valence-corrected chi connectivity index (χ2v) is 11.8. The molecule has 0 spiro atoms. The van der Waals surface area contributed by atoms with E-state index in [1.807, 2.05) is 0 Å². The number of urea groups is 1. The standard InChI is InChI=1S/C21H24ClFN4O5S2/c22-18-7-8-19(33-18)34(30,31)27-10-9-26(21(29)25-15-5-3-14(23)4-6-15)13-17(27)20(28)24-12-16-2-1-11-32-16/h3-8,16-17H,1-2,9-13H2,(H,24,28)(H,25,29). The summed E-state index contributed by atoms with van der Waals surface area (Å²) in [5, 5.41) is 5.42. The zero-order valence-electron chi connectivity index (χ0n) is 18.1. The fourth-order valence-electron chi connectivity index (χ4n) is 3.88. The third-order valence-electron chi connectivity index (χ3n) is 5.66. The minimum atomic E-state index is -4.01. The van der Waals surface area contributed by atoms with Crippen LogP contribution in [0.2, 0.25) is 4.34 Å². The average molecular weight is 531 g/mol. The molecule has 0 radical (unpaired) electrons. The van der Waals surface area contributed by atoms with Gasteiger partial charge in [-0.1, -0.05) is 11.6 Å². The van der Waals surface area contributed by atoms with Gasteiger partial charge in [0.2, 0.25) is 5.91 Å². The van der Waals surface area contributed by atoms with Crippen molar-refractivity contribution in [3.8, 4) is 0 Å². The van der Waals surface area contributed by atoms with E-state index in [0.717, 1.165) is 28.5 Å². The molecule has 0 saturated carbocycles. The highest BCUT2D eigenvalue weighted by Crippen LogP contribution is 2.30. The van der Waals surface area contributed by atoms with Crippen molar-refractivity contribution in [2.24, 2.45) is 0 Å². The molecule has 0 aliphatic carbocycles. The molecule has 3 amide bonds. The first-order valence-electron chi connectivity index (χ1n) is 10.7. The Kier molecular flexibility index (Phi) is 7.73. The zero-order valence-corrected chi connectivity index (χ0v) is 20.5. The van der Waals surface area contributed by atoms with Crippen molar-refractivity contribution in [2.75, 3.05) is 38.1 Å². The summed E-state index contributed by atoms with van der Waals surface area (Å²) in [6, 6.07) is 6.50. The van der Waals surface area contributed by atoms with Crippen LogP contribution in [-0.2, 0) is 19.6 Å². The van der Waals surface area contributed by atoms with E-state index in [1.165, 1.54) is 41.3 Å². The Morgan fingerprint density at radius 3 is 2.59 bits per heavy atom. The Balaban J connectivity index is 1.51. The largest absolute Gasteiger partial charge is 0.376 e. The number of carbonyl (C=O) groups excluding carboxylic acids is 2. The number of nitrogens with zero attached hydrogens (tertiary/aromatic N) is 2. The van der Waals surface area contributed by atoms with Gasteiger partial charge >= 0.3 is 6.03 Å². The second-order valence-electron chi connectivity index (χ2n) is 7.95. The minimum absolute atomic E-state index is 0.0265. The summed E-state index contributed by atoms with van der Waals surface area (Å²) in [4.78, 5) is 27.3. The van der Waals surface area contributed by atoms with Crippen LogP contribution in [0, 0.1) is 5.82 Å². The normalized spacial score (nSPS) is 21.4. The fourth-order valence-corrected chi connectivity index (χ4v) is 7.06. The van der Waals surface area contributed by atoms with Gasteiger partial charge in [-0.05, 0) is 49.2 Å². The van der Waals surface area contributed by atoms with Crippen LogP contribution in [0.3, 0.4) is 0 Å². The summed E-state index contributed by atoms with van der Waals surface area (Å²) in [6.07, 6.45) is 1.60. The number of rotatable bonds is 6. The van der Waals surface area contributed by atoms with Crippen LogP contribution in [0.1, 0.15) is 12.8 Å². The second kappa shape index (κ2) is 10.6. The number of halogens is 2. The average Bonchev–Trinajstić information content (AvgIpc) is 3.50. The predicted octanol–water partition coefficient (Wildman–Crippen LogP) is 2.74. The predicted molar refractivity (Wildman–Crippen MR) is 126 cm³/mol. The van der Waals surface area contributed by atoms with E-state index in [-0.39, 0.29) is 36.5 Å². The SMILES string of the molecule is O=C(NCC1CCCO1)C1CN(C(=O)Nc2ccc(F)cc2)CCN1S(=O)(=O)c1ccc(Cl)s1. The first-order chi connectivity index (χ1) is 16.2. The van der Waals surface area contributed by atoms with Crippen molar-refractivity contribution in [2.45, 2.75) is 29.2 Å². The monoisotopic (exact) mass is 530 g/mol. The van der Waals surface area contributed by atoms with E-state index in [4.69, 9.17) is 16.3 Å². The molecule has 2 atom stereocenters. The summed E-state index contributed by atoms with van der Waals surface area (Å²) in [6.45, 7) is 0.729. The number of carbonyl (C=O) groups is 2. The van der Waals surface area contributed by atoms with Crippen molar-refractivity contribution in [3.05, 3.63) is 46.6 Å². The van der Waals surface area contributed by atoms with Gasteiger partial charge in [-0.2, -0.15) is 4.31 Å². The lowest BCUT2D eigenvalue weighted by atomic mass is 10.2. The molecular weight excluding hydrogens is 507 g/mol. The number of benzene rings is 1. The molecule has 2 aromatic rings. The van der Waals surface area contributed by atoms with E-state index in [2.05, 4.69) is 10.6 Å². The van der Waals surface area contributed by atoms with Crippen LogP contribution in [0.4, 0.5) is 14.9 Å². The number of nitrogens with one attached hydrogen (secondary N) is 2. The van der Waals surface area contributed by atoms with Gasteiger partial charge in [0.05, 0.1) is 10.4 Å². The van der Waals surface area contributed by atoms with Gasteiger partial charge in [0.15, 0.2) is 0 Å². The molecule has 184 valence electrons. The molecule has 2 fully saturated rings. The lowest BCUT2D eigenvalue weighted by Crippen LogP contribution is -2.62. The third-order valence-corrected chi connectivity index (χ3v) is 9.26. The molecule has 2 N–H and O–H groups in total. The van der Waals surface area contributed by atoms with Crippen LogP contribution in [0.5, 0.6) is 0 Å². The Hall–Kier alpha value is -2.25. The summed E-state index contributed by atoms with van der Waals surface area (Å²) in [7, 11) is -4.01. The topological polar surface area (TPSA) is 108 Å². The molecule has 3 heterocycles. The van der Waals surface area contributed by atoms with E-state index in [0.29, 0.717) is 16.6 Å². The lowest BCUT2D eigenvalue weighted by Gasteiger charge is -2.39. The minimum Gasteiger partial charge on any atom is -0.376 e. The van der Waals surface area contributed by atoms with E-state index < -0.39 is 33.8 Å². The van der Waals surface area contributed by atoms with Crippen molar-refractivity contribution < 1.29 is 27.1 Å². The highest BCUT2D eigenvalue weighted by Gasteiger charge is 2.42. The molecule has 13 heteroatoms. The van der Waals surface area contributed by atoms with Gasteiger partial charge in [0.1, 0.15) is 16.1 Å². The van der Waals surface area contributed by atoms with Gasteiger partial charge in [-0.3, -0.25) is 4.79 Å². The third kappa shape index (κ3) is 5.69. The van der Waals surface area contributed by atoms with Gasteiger partial charge in [0, 0.05) is 38.5 Å². The molecule has 2 aliphatic rings. The number of hydrogen-bond donors (Lipinski definition) is 2. The van der Waals surface area contributed by atoms with E-state index in [9.17, 15) is 22.4 Å². The first-order valence-corrected chi connectivity index (χ1v) is 13.4. The maximum atomic E-state index is 13.3. The van der Waals surface area contributed by atoms with Crippen LogP contribution in [-0.4, -0.2) is 74.5 Å². The molecule has 2 saturated heterocycles. The van der Waals surface area contributed by atoms with Gasteiger partial charge in [-0.25, -0.2) is 17.6 Å². The first kappa shape index (κ1) is 24.9. The van der Waals surface area contributed by atoms with Crippen molar-refractivity contribution in [1.82, 2.24) is 14.5 Å². The molecule has 34 heavy (non-hydrogen) atoms. The fraction of sp³-hybridized carbons (Fsp3) is 0.429.